The first-order valence-electron chi connectivity index (χ1n) is 8.10. The molecule has 2 aromatic carbocycles. The molecule has 0 radical (unpaired) electrons. The molecule has 26 heavy (non-hydrogen) atoms. The van der Waals surface area contributed by atoms with Gasteiger partial charge in [-0.15, -0.1) is 24.0 Å². The van der Waals surface area contributed by atoms with E-state index in [1.165, 1.54) is 0 Å². The van der Waals surface area contributed by atoms with Crippen LogP contribution in [-0.4, -0.2) is 24.7 Å². The van der Waals surface area contributed by atoms with Crippen molar-refractivity contribution in [2.45, 2.75) is 25.6 Å². The van der Waals surface area contributed by atoms with Crippen LogP contribution in [0.3, 0.4) is 0 Å². The molecule has 0 aliphatic heterocycles. The van der Waals surface area contributed by atoms with Gasteiger partial charge in [0.15, 0.2) is 5.96 Å². The fourth-order valence-electron chi connectivity index (χ4n) is 2.48. The lowest BCUT2D eigenvalue weighted by Gasteiger charge is -2.25. The normalized spacial score (nSPS) is 13.6. The van der Waals surface area contributed by atoms with Crippen LogP contribution in [0.25, 0.3) is 0 Å². The summed E-state index contributed by atoms with van der Waals surface area (Å²) in [7, 11) is 1.65. The summed E-state index contributed by atoms with van der Waals surface area (Å²) in [5.74, 6) is 0.257. The first-order valence-corrected chi connectivity index (χ1v) is 8.90. The van der Waals surface area contributed by atoms with Crippen LogP contribution >= 0.6 is 39.9 Å². The number of nitrogens with two attached hydrogens (primary N) is 1. The van der Waals surface area contributed by atoms with Crippen molar-refractivity contribution in [3.63, 3.8) is 0 Å². The summed E-state index contributed by atoms with van der Waals surface area (Å²) < 4.78 is 6.15. The highest BCUT2D eigenvalue weighted by atomic mass is 127. The van der Waals surface area contributed by atoms with E-state index in [1.54, 1.807) is 7.11 Å². The number of anilines is 1. The molecule has 4 N–H and O–H groups in total. The zero-order valence-electron chi connectivity index (χ0n) is 14.9. The minimum absolute atomic E-state index is 0. The van der Waals surface area contributed by atoms with Gasteiger partial charge >= 0.3 is 0 Å². The molecular formula is C19H25BrIN3O2. The van der Waals surface area contributed by atoms with Crippen molar-refractivity contribution in [2.24, 2.45) is 10.7 Å². The van der Waals surface area contributed by atoms with Crippen LogP contribution in [0.5, 0.6) is 0 Å². The molecule has 0 aliphatic carbocycles. The largest absolute Gasteiger partial charge is 0.383 e. The summed E-state index contributed by atoms with van der Waals surface area (Å²) in [4.78, 5) is 4.34. The van der Waals surface area contributed by atoms with Gasteiger partial charge in [-0.3, -0.25) is 0 Å². The highest BCUT2D eigenvalue weighted by Crippen LogP contribution is 2.26. The summed E-state index contributed by atoms with van der Waals surface area (Å²) in [6.45, 7) is 2.58. The predicted molar refractivity (Wildman–Crippen MR) is 121 cm³/mol. The van der Waals surface area contributed by atoms with Gasteiger partial charge in [-0.2, -0.15) is 0 Å². The van der Waals surface area contributed by atoms with Crippen LogP contribution in [0.15, 0.2) is 58.0 Å². The van der Waals surface area contributed by atoms with Gasteiger partial charge < -0.3 is 20.9 Å². The number of hydrogen-bond donors (Lipinski definition) is 3. The predicted octanol–water partition coefficient (Wildman–Crippen LogP) is 4.24. The number of nitrogens with zero attached hydrogens (tertiary/aromatic N) is 1. The van der Waals surface area contributed by atoms with E-state index in [1.807, 2.05) is 55.5 Å². The molecule has 0 amide bonds. The Morgan fingerprint density at radius 2 is 1.88 bits per heavy atom. The number of benzene rings is 2. The summed E-state index contributed by atoms with van der Waals surface area (Å²) in [5, 5.41) is 14.0. The Balaban J connectivity index is 0.00000338. The molecule has 7 heteroatoms. The van der Waals surface area contributed by atoms with E-state index in [0.717, 1.165) is 21.3 Å². The minimum Gasteiger partial charge on any atom is -0.383 e. The van der Waals surface area contributed by atoms with E-state index in [2.05, 4.69) is 26.2 Å². The average molecular weight is 534 g/mol. The third kappa shape index (κ3) is 6.22. The van der Waals surface area contributed by atoms with Gasteiger partial charge in [-0.25, -0.2) is 4.99 Å². The van der Waals surface area contributed by atoms with E-state index in [0.29, 0.717) is 13.0 Å². The number of nitrogens with one attached hydrogen (secondary N) is 1. The zero-order chi connectivity index (χ0) is 18.3. The monoisotopic (exact) mass is 533 g/mol. The van der Waals surface area contributed by atoms with Gasteiger partial charge in [0.2, 0.25) is 0 Å². The Kier molecular flexibility index (Phi) is 9.56. The van der Waals surface area contributed by atoms with Crippen molar-refractivity contribution in [2.75, 3.05) is 19.0 Å². The lowest BCUT2D eigenvalue weighted by Crippen LogP contribution is -2.32. The van der Waals surface area contributed by atoms with Crippen molar-refractivity contribution in [3.05, 3.63) is 64.1 Å². The third-order valence-electron chi connectivity index (χ3n) is 4.06. The second-order valence-electron chi connectivity index (χ2n) is 5.81. The van der Waals surface area contributed by atoms with E-state index in [-0.39, 0.29) is 36.5 Å². The minimum atomic E-state index is -1.06. The Morgan fingerprint density at radius 1 is 1.23 bits per heavy atom. The highest BCUT2D eigenvalue weighted by molar-refractivity contribution is 14.0. The van der Waals surface area contributed by atoms with Crippen LogP contribution < -0.4 is 11.1 Å². The molecule has 0 bridgehead atoms. The SMILES string of the molecule is CCC(O)(CN=C(N)Nc1ccccc1COC)c1ccc(Br)cc1.I. The first kappa shape index (κ1) is 22.9. The zero-order valence-corrected chi connectivity index (χ0v) is 18.8. The average Bonchev–Trinajstić information content (AvgIpc) is 2.62. The summed E-state index contributed by atoms with van der Waals surface area (Å²) in [6, 6.07) is 15.3. The van der Waals surface area contributed by atoms with Gasteiger partial charge in [0.25, 0.3) is 0 Å². The number of aliphatic imine (C=N–C) groups is 1. The number of methoxy groups -OCH3 is 1. The molecule has 2 aromatic rings. The third-order valence-corrected chi connectivity index (χ3v) is 4.59. The first-order chi connectivity index (χ1) is 12.0. The van der Waals surface area contributed by atoms with Crippen LogP contribution in [0.4, 0.5) is 5.69 Å². The van der Waals surface area contributed by atoms with Crippen molar-refractivity contribution < 1.29 is 9.84 Å². The van der Waals surface area contributed by atoms with Gasteiger partial charge in [0, 0.05) is 22.8 Å². The quantitative estimate of drug-likeness (QED) is 0.282. The smallest absolute Gasteiger partial charge is 0.193 e. The van der Waals surface area contributed by atoms with E-state index < -0.39 is 5.60 Å². The van der Waals surface area contributed by atoms with E-state index in [4.69, 9.17) is 10.5 Å². The second-order valence-corrected chi connectivity index (χ2v) is 6.72. The summed E-state index contributed by atoms with van der Waals surface area (Å²) in [6.07, 6.45) is 0.533. The maximum atomic E-state index is 10.9. The van der Waals surface area contributed by atoms with Gasteiger partial charge in [-0.1, -0.05) is 53.2 Å². The number of guanidine groups is 1. The number of rotatable bonds is 7. The van der Waals surface area contributed by atoms with Gasteiger partial charge in [0.05, 0.1) is 13.2 Å². The van der Waals surface area contributed by atoms with Crippen molar-refractivity contribution in [1.82, 2.24) is 0 Å². The lowest BCUT2D eigenvalue weighted by atomic mass is 9.91. The maximum absolute atomic E-state index is 10.9. The fraction of sp³-hybridized carbons (Fsp3) is 0.316. The van der Waals surface area contributed by atoms with Gasteiger partial charge in [0.1, 0.15) is 5.60 Å². The Labute approximate surface area is 180 Å². The highest BCUT2D eigenvalue weighted by Gasteiger charge is 2.26. The summed E-state index contributed by atoms with van der Waals surface area (Å²) in [5.41, 5.74) is 7.60. The lowest BCUT2D eigenvalue weighted by molar-refractivity contribution is 0.0424. The Morgan fingerprint density at radius 3 is 2.50 bits per heavy atom. The molecule has 5 nitrogen and oxygen atoms in total. The molecule has 0 heterocycles. The number of hydrogen-bond acceptors (Lipinski definition) is 3. The maximum Gasteiger partial charge on any atom is 0.193 e. The second kappa shape index (κ2) is 10.9. The van der Waals surface area contributed by atoms with Gasteiger partial charge in [-0.05, 0) is 30.2 Å². The van der Waals surface area contributed by atoms with Crippen molar-refractivity contribution in [1.29, 1.82) is 0 Å². The molecule has 142 valence electrons. The molecule has 0 aliphatic rings. The molecule has 1 atom stereocenters. The van der Waals surface area contributed by atoms with Crippen LogP contribution in [0, 0.1) is 0 Å². The number of ether oxygens (including phenoxy) is 1. The standard InChI is InChI=1S/C19H24BrN3O2.HI/c1-3-19(24,15-8-10-16(20)11-9-15)13-22-18(21)23-17-7-5-4-6-14(17)12-25-2;/h4-11,24H,3,12-13H2,1-2H3,(H3,21,22,23);1H. The molecular weight excluding hydrogens is 509 g/mol. The summed E-state index contributed by atoms with van der Waals surface area (Å²) >= 11 is 3.40. The Bertz CT molecular complexity index is 725. The molecule has 1 unspecified atom stereocenters. The van der Waals surface area contributed by atoms with Crippen LogP contribution in [-0.2, 0) is 16.9 Å². The molecule has 0 spiro atoms. The van der Waals surface area contributed by atoms with Crippen LogP contribution in [0.2, 0.25) is 0 Å². The molecule has 0 saturated carbocycles. The Hall–Kier alpha value is -1.16. The van der Waals surface area contributed by atoms with Crippen LogP contribution in [0.1, 0.15) is 24.5 Å². The molecule has 0 aromatic heterocycles. The topological polar surface area (TPSA) is 79.9 Å². The number of halogens is 2. The fourth-order valence-corrected chi connectivity index (χ4v) is 2.75. The number of aliphatic hydroxyl groups is 1. The molecule has 0 fully saturated rings. The van der Waals surface area contributed by atoms with E-state index in [9.17, 15) is 5.11 Å². The molecule has 0 saturated heterocycles. The van der Waals surface area contributed by atoms with Crippen molar-refractivity contribution in [3.8, 4) is 0 Å². The molecule has 2 rings (SSSR count). The number of para-hydroxylation sites is 1. The van der Waals surface area contributed by atoms with Crippen molar-refractivity contribution >= 4 is 51.6 Å². The van der Waals surface area contributed by atoms with E-state index >= 15 is 0 Å².